The number of hydrogen-bond acceptors (Lipinski definition) is 6. The van der Waals surface area contributed by atoms with Crippen LogP contribution in [0.25, 0.3) is 17.0 Å². The normalized spacial score (nSPS) is 11.3. The fourth-order valence-electron chi connectivity index (χ4n) is 2.89. The highest BCUT2D eigenvalue weighted by Crippen LogP contribution is 2.30. The van der Waals surface area contributed by atoms with Gasteiger partial charge in [0.25, 0.3) is 0 Å². The number of amides is 1. The van der Waals surface area contributed by atoms with Gasteiger partial charge in [0.1, 0.15) is 17.9 Å². The predicted octanol–water partition coefficient (Wildman–Crippen LogP) is 4.59. The number of carbonyl (C=O) groups is 3. The summed E-state index contributed by atoms with van der Waals surface area (Å²) < 4.78 is 16.9. The third kappa shape index (κ3) is 5.61. The molecule has 7 nitrogen and oxygen atoms in total. The summed E-state index contributed by atoms with van der Waals surface area (Å²) in [5.74, 6) is -1.85. The highest BCUT2D eigenvalue weighted by atomic mass is 79.9. The number of carbonyl (C=O) groups excluding carboxylic acids is 3. The van der Waals surface area contributed by atoms with Crippen molar-refractivity contribution in [3.05, 3.63) is 75.6 Å². The van der Waals surface area contributed by atoms with E-state index in [4.69, 9.17) is 13.9 Å². The van der Waals surface area contributed by atoms with Crippen LogP contribution in [0.1, 0.15) is 35.5 Å². The fourth-order valence-corrected chi connectivity index (χ4v) is 3.25. The van der Waals surface area contributed by atoms with Crippen LogP contribution in [0.4, 0.5) is 0 Å². The maximum Gasteiger partial charge on any atom is 0.374 e. The zero-order valence-corrected chi connectivity index (χ0v) is 18.5. The maximum absolute atomic E-state index is 12.7. The van der Waals surface area contributed by atoms with E-state index in [0.717, 1.165) is 4.47 Å². The van der Waals surface area contributed by atoms with E-state index in [9.17, 15) is 14.4 Å². The van der Waals surface area contributed by atoms with Crippen molar-refractivity contribution in [3.8, 4) is 0 Å². The molecule has 0 saturated carbocycles. The van der Waals surface area contributed by atoms with E-state index < -0.39 is 17.8 Å². The second-order valence-corrected chi connectivity index (χ2v) is 7.41. The first-order chi connectivity index (χ1) is 14.9. The van der Waals surface area contributed by atoms with E-state index in [0.29, 0.717) is 22.1 Å². The Morgan fingerprint density at radius 1 is 1.10 bits per heavy atom. The quantitative estimate of drug-likeness (QED) is 0.388. The lowest BCUT2D eigenvalue weighted by atomic mass is 10.1. The molecule has 0 spiro atoms. The number of furan rings is 1. The summed E-state index contributed by atoms with van der Waals surface area (Å²) in [5.41, 5.74) is 1.53. The molecule has 3 aromatic rings. The smallest absolute Gasteiger partial charge is 0.374 e. The summed E-state index contributed by atoms with van der Waals surface area (Å²) in [7, 11) is 0. The molecule has 0 radical (unpaired) electrons. The van der Waals surface area contributed by atoms with Gasteiger partial charge >= 0.3 is 11.9 Å². The molecule has 0 aliphatic carbocycles. The molecule has 0 unspecified atom stereocenters. The molecule has 1 N–H and O–H groups in total. The summed E-state index contributed by atoms with van der Waals surface area (Å²) in [6, 6.07) is 14.3. The summed E-state index contributed by atoms with van der Waals surface area (Å²) in [6.45, 7) is 2.91. The predicted molar refractivity (Wildman–Crippen MR) is 118 cm³/mol. The molecule has 3 rings (SSSR count). The van der Waals surface area contributed by atoms with Crippen molar-refractivity contribution >= 4 is 50.8 Å². The van der Waals surface area contributed by atoms with Crippen LogP contribution in [0.3, 0.4) is 0 Å². The fraction of sp³-hybridized carbons (Fsp3) is 0.174. The van der Waals surface area contributed by atoms with Crippen molar-refractivity contribution in [3.63, 3.8) is 0 Å². The average molecular weight is 486 g/mol. The van der Waals surface area contributed by atoms with Crippen LogP contribution in [0.2, 0.25) is 0 Å². The summed E-state index contributed by atoms with van der Waals surface area (Å²) in [5, 5.41) is 3.10. The molecule has 31 heavy (non-hydrogen) atoms. The van der Waals surface area contributed by atoms with Gasteiger partial charge in [-0.1, -0.05) is 46.3 Å². The van der Waals surface area contributed by atoms with Gasteiger partial charge in [0.15, 0.2) is 0 Å². The molecule has 1 amide bonds. The number of rotatable bonds is 7. The Balaban J connectivity index is 1.90. The van der Waals surface area contributed by atoms with E-state index in [2.05, 4.69) is 21.2 Å². The Labute approximate surface area is 187 Å². The molecule has 0 atom stereocenters. The molecule has 0 aliphatic heterocycles. The zero-order valence-electron chi connectivity index (χ0n) is 16.9. The SMILES string of the molecule is CCOC(=O)c1oc2ccc(Br)cc2c1COC(=O)C(=Cc1ccccc1)NC(C)=O. The molecule has 0 bridgehead atoms. The van der Waals surface area contributed by atoms with E-state index in [-0.39, 0.29) is 24.7 Å². The standard InChI is InChI=1S/C23H20BrNO6/c1-3-29-23(28)21-18(17-12-16(24)9-10-20(17)31-21)13-30-22(27)19(25-14(2)26)11-15-7-5-4-6-8-15/h4-12H,3,13H2,1-2H3,(H,25,26). The lowest BCUT2D eigenvalue weighted by Crippen LogP contribution is -2.26. The zero-order chi connectivity index (χ0) is 22.4. The van der Waals surface area contributed by atoms with Gasteiger partial charge in [-0.25, -0.2) is 9.59 Å². The summed E-state index contributed by atoms with van der Waals surface area (Å²) in [6.07, 6.45) is 1.51. The molecular formula is C23H20BrNO6. The van der Waals surface area contributed by atoms with Gasteiger partial charge in [-0.15, -0.1) is 0 Å². The molecule has 0 fully saturated rings. The third-order valence-corrected chi connectivity index (χ3v) is 4.70. The summed E-state index contributed by atoms with van der Waals surface area (Å²) >= 11 is 3.39. The Hall–Kier alpha value is -3.39. The largest absolute Gasteiger partial charge is 0.460 e. The van der Waals surface area contributed by atoms with Crippen LogP contribution in [0.5, 0.6) is 0 Å². The number of benzene rings is 2. The van der Waals surface area contributed by atoms with Crippen LogP contribution in [0.15, 0.2) is 63.1 Å². The molecule has 2 aromatic carbocycles. The van der Waals surface area contributed by atoms with E-state index in [1.807, 2.05) is 18.2 Å². The topological polar surface area (TPSA) is 94.8 Å². The second-order valence-electron chi connectivity index (χ2n) is 6.50. The Morgan fingerprint density at radius 3 is 2.52 bits per heavy atom. The number of esters is 2. The third-order valence-electron chi connectivity index (χ3n) is 4.20. The van der Waals surface area contributed by atoms with Gasteiger partial charge in [-0.05, 0) is 36.8 Å². The number of nitrogens with one attached hydrogen (secondary N) is 1. The highest BCUT2D eigenvalue weighted by Gasteiger charge is 2.24. The Morgan fingerprint density at radius 2 is 1.84 bits per heavy atom. The van der Waals surface area contributed by atoms with Crippen LogP contribution >= 0.6 is 15.9 Å². The van der Waals surface area contributed by atoms with Gasteiger partial charge in [0.05, 0.1) is 12.2 Å². The van der Waals surface area contributed by atoms with E-state index in [1.54, 1.807) is 37.3 Å². The van der Waals surface area contributed by atoms with Gasteiger partial charge < -0.3 is 19.2 Å². The van der Waals surface area contributed by atoms with Crippen LogP contribution in [0, 0.1) is 0 Å². The van der Waals surface area contributed by atoms with Gasteiger partial charge in [0.2, 0.25) is 11.7 Å². The number of ether oxygens (including phenoxy) is 2. The maximum atomic E-state index is 12.7. The minimum Gasteiger partial charge on any atom is -0.460 e. The molecule has 1 heterocycles. The van der Waals surface area contributed by atoms with Crippen molar-refractivity contribution < 1.29 is 28.3 Å². The number of fused-ring (bicyclic) bond motifs is 1. The number of halogens is 1. The van der Waals surface area contributed by atoms with E-state index in [1.165, 1.54) is 13.0 Å². The molecular weight excluding hydrogens is 466 g/mol. The Bertz CT molecular complexity index is 1150. The first-order valence-corrected chi connectivity index (χ1v) is 10.3. The molecule has 8 heteroatoms. The lowest BCUT2D eigenvalue weighted by molar-refractivity contribution is -0.141. The lowest BCUT2D eigenvalue weighted by Gasteiger charge is -2.09. The van der Waals surface area contributed by atoms with E-state index >= 15 is 0 Å². The summed E-state index contributed by atoms with van der Waals surface area (Å²) in [4.78, 5) is 36.6. The molecule has 0 aliphatic rings. The minimum atomic E-state index is -0.752. The monoisotopic (exact) mass is 485 g/mol. The number of hydrogen-bond donors (Lipinski definition) is 1. The van der Waals surface area contributed by atoms with Gasteiger partial charge in [-0.3, -0.25) is 4.79 Å². The van der Waals surface area contributed by atoms with Gasteiger partial charge in [-0.2, -0.15) is 0 Å². The van der Waals surface area contributed by atoms with Gasteiger partial charge in [0, 0.05) is 16.8 Å². The minimum absolute atomic E-state index is 0.0228. The Kier molecular flexibility index (Phi) is 7.25. The van der Waals surface area contributed by atoms with Crippen molar-refractivity contribution in [1.82, 2.24) is 5.32 Å². The van der Waals surface area contributed by atoms with Crippen LogP contribution in [-0.4, -0.2) is 24.5 Å². The first kappa shape index (κ1) is 22.3. The van der Waals surface area contributed by atoms with Crippen molar-refractivity contribution in [1.29, 1.82) is 0 Å². The molecule has 0 saturated heterocycles. The van der Waals surface area contributed by atoms with Crippen molar-refractivity contribution in [2.75, 3.05) is 6.61 Å². The first-order valence-electron chi connectivity index (χ1n) is 9.48. The second kappa shape index (κ2) is 10.1. The van der Waals surface area contributed by atoms with Crippen LogP contribution < -0.4 is 5.32 Å². The average Bonchev–Trinajstić information content (AvgIpc) is 3.10. The molecule has 1 aromatic heterocycles. The van der Waals surface area contributed by atoms with Crippen molar-refractivity contribution in [2.45, 2.75) is 20.5 Å². The van der Waals surface area contributed by atoms with Crippen LogP contribution in [-0.2, 0) is 25.7 Å². The highest BCUT2D eigenvalue weighted by molar-refractivity contribution is 9.10. The van der Waals surface area contributed by atoms with Crippen molar-refractivity contribution in [2.24, 2.45) is 0 Å². The molecule has 160 valence electrons.